The van der Waals surface area contributed by atoms with Gasteiger partial charge < -0.3 is 15.0 Å². The van der Waals surface area contributed by atoms with Crippen LogP contribution in [0.1, 0.15) is 47.4 Å². The zero-order valence-electron chi connectivity index (χ0n) is 19.1. The van der Waals surface area contributed by atoms with Crippen molar-refractivity contribution < 1.29 is 14.3 Å². The van der Waals surface area contributed by atoms with Crippen LogP contribution in [-0.4, -0.2) is 63.6 Å². The maximum atomic E-state index is 12.7. The highest BCUT2D eigenvalue weighted by molar-refractivity contribution is 7.99. The Morgan fingerprint density at radius 2 is 1.88 bits per heavy atom. The molecule has 0 saturated carbocycles. The van der Waals surface area contributed by atoms with Gasteiger partial charge in [-0.2, -0.15) is 5.10 Å². The molecule has 1 aliphatic heterocycles. The third kappa shape index (κ3) is 5.11. The molecule has 174 valence electrons. The van der Waals surface area contributed by atoms with Gasteiger partial charge in [-0.1, -0.05) is 37.7 Å². The Bertz CT molecular complexity index is 1160. The van der Waals surface area contributed by atoms with Crippen molar-refractivity contribution in [3.8, 4) is 0 Å². The standard InChI is InChI=1S/C23H28N6O3S/c1-15(2)33-23-26-19(28-11-6-7-12-28)18-14-25-29(20(18)27-23)13-10-24-21(30)16-8-4-5-9-17(16)22(31)32-3/h4-5,8-9,14-15H,6-7,10-13H2,1-3H3,(H,24,30). The van der Waals surface area contributed by atoms with E-state index in [-0.39, 0.29) is 17.0 Å². The number of methoxy groups -OCH3 is 1. The Labute approximate surface area is 196 Å². The third-order valence-electron chi connectivity index (χ3n) is 5.39. The van der Waals surface area contributed by atoms with Crippen LogP contribution in [0.15, 0.2) is 35.6 Å². The first-order valence-corrected chi connectivity index (χ1v) is 12.0. The van der Waals surface area contributed by atoms with Gasteiger partial charge in [0.15, 0.2) is 10.8 Å². The van der Waals surface area contributed by atoms with Gasteiger partial charge in [0.2, 0.25) is 0 Å². The fraction of sp³-hybridized carbons (Fsp3) is 0.435. The summed E-state index contributed by atoms with van der Waals surface area (Å²) in [5.41, 5.74) is 1.28. The van der Waals surface area contributed by atoms with Crippen LogP contribution >= 0.6 is 11.8 Å². The molecule has 1 fully saturated rings. The van der Waals surface area contributed by atoms with E-state index in [0.717, 1.165) is 47.9 Å². The van der Waals surface area contributed by atoms with Gasteiger partial charge in [0.25, 0.3) is 5.91 Å². The van der Waals surface area contributed by atoms with Gasteiger partial charge in [-0.3, -0.25) is 4.79 Å². The highest BCUT2D eigenvalue weighted by atomic mass is 32.2. The largest absolute Gasteiger partial charge is 0.465 e. The average molecular weight is 469 g/mol. The molecule has 0 atom stereocenters. The molecule has 3 heterocycles. The van der Waals surface area contributed by atoms with E-state index in [1.165, 1.54) is 7.11 Å². The monoisotopic (exact) mass is 468 g/mol. The number of anilines is 1. The van der Waals surface area contributed by atoms with Crippen LogP contribution in [-0.2, 0) is 11.3 Å². The zero-order chi connectivity index (χ0) is 23.4. The SMILES string of the molecule is COC(=O)c1ccccc1C(=O)NCCn1ncc2c(N3CCCC3)nc(SC(C)C)nc21. The number of carbonyl (C=O) groups is 2. The minimum atomic E-state index is -0.542. The van der Waals surface area contributed by atoms with Crippen molar-refractivity contribution in [2.75, 3.05) is 31.6 Å². The van der Waals surface area contributed by atoms with Crippen molar-refractivity contribution in [3.63, 3.8) is 0 Å². The predicted molar refractivity (Wildman–Crippen MR) is 128 cm³/mol. The molecule has 33 heavy (non-hydrogen) atoms. The van der Waals surface area contributed by atoms with Crippen molar-refractivity contribution in [2.24, 2.45) is 0 Å². The lowest BCUT2D eigenvalue weighted by molar-refractivity contribution is 0.0596. The lowest BCUT2D eigenvalue weighted by atomic mass is 10.1. The summed E-state index contributed by atoms with van der Waals surface area (Å²) in [7, 11) is 1.30. The molecule has 10 heteroatoms. The third-order valence-corrected chi connectivity index (χ3v) is 6.25. The van der Waals surface area contributed by atoms with Crippen molar-refractivity contribution in [1.82, 2.24) is 25.1 Å². The second-order valence-electron chi connectivity index (χ2n) is 8.09. The summed E-state index contributed by atoms with van der Waals surface area (Å²) >= 11 is 1.63. The van der Waals surface area contributed by atoms with E-state index in [1.807, 2.05) is 0 Å². The summed E-state index contributed by atoms with van der Waals surface area (Å²) in [6, 6.07) is 6.60. The molecule has 1 amide bonds. The number of nitrogens with one attached hydrogen (secondary N) is 1. The van der Waals surface area contributed by atoms with Gasteiger partial charge in [0.1, 0.15) is 5.82 Å². The maximum Gasteiger partial charge on any atom is 0.338 e. The smallest absolute Gasteiger partial charge is 0.338 e. The minimum absolute atomic E-state index is 0.236. The lowest BCUT2D eigenvalue weighted by Crippen LogP contribution is -2.29. The predicted octanol–water partition coefficient (Wildman–Crippen LogP) is 3.14. The van der Waals surface area contributed by atoms with Crippen molar-refractivity contribution >= 4 is 40.5 Å². The number of fused-ring (bicyclic) bond motifs is 1. The van der Waals surface area contributed by atoms with E-state index in [1.54, 1.807) is 46.9 Å². The van der Waals surface area contributed by atoms with E-state index >= 15 is 0 Å². The molecule has 1 saturated heterocycles. The van der Waals surface area contributed by atoms with E-state index in [0.29, 0.717) is 18.3 Å². The molecule has 1 N–H and O–H groups in total. The molecule has 0 spiro atoms. The van der Waals surface area contributed by atoms with E-state index in [4.69, 9.17) is 14.7 Å². The number of amides is 1. The number of benzene rings is 1. The van der Waals surface area contributed by atoms with Gasteiger partial charge in [-0.05, 0) is 25.0 Å². The first kappa shape index (κ1) is 23.0. The summed E-state index contributed by atoms with van der Waals surface area (Å²) in [5.74, 6) is 0.0546. The summed E-state index contributed by atoms with van der Waals surface area (Å²) in [5, 5.41) is 9.42. The highest BCUT2D eigenvalue weighted by Gasteiger charge is 2.21. The van der Waals surface area contributed by atoms with Gasteiger partial charge in [0.05, 0.1) is 36.4 Å². The summed E-state index contributed by atoms with van der Waals surface area (Å²) in [6.45, 7) is 6.98. The van der Waals surface area contributed by atoms with Crippen LogP contribution in [0.5, 0.6) is 0 Å². The second kappa shape index (κ2) is 10.2. The second-order valence-corrected chi connectivity index (χ2v) is 9.63. The Morgan fingerprint density at radius 3 is 2.58 bits per heavy atom. The zero-order valence-corrected chi connectivity index (χ0v) is 19.9. The molecule has 0 aliphatic carbocycles. The van der Waals surface area contributed by atoms with Gasteiger partial charge in [-0.15, -0.1) is 0 Å². The van der Waals surface area contributed by atoms with Crippen molar-refractivity contribution in [3.05, 3.63) is 41.6 Å². The quantitative estimate of drug-likeness (QED) is 0.306. The van der Waals surface area contributed by atoms with Gasteiger partial charge in [-0.25, -0.2) is 19.4 Å². The first-order valence-electron chi connectivity index (χ1n) is 11.1. The minimum Gasteiger partial charge on any atom is -0.465 e. The van der Waals surface area contributed by atoms with Crippen LogP contribution in [0.25, 0.3) is 11.0 Å². The van der Waals surface area contributed by atoms with Crippen molar-refractivity contribution in [1.29, 1.82) is 0 Å². The average Bonchev–Trinajstić information content (AvgIpc) is 3.48. The van der Waals surface area contributed by atoms with Crippen LogP contribution in [0.2, 0.25) is 0 Å². The van der Waals surface area contributed by atoms with Crippen LogP contribution < -0.4 is 10.2 Å². The number of hydrogen-bond acceptors (Lipinski definition) is 8. The van der Waals surface area contributed by atoms with E-state index in [2.05, 4.69) is 29.2 Å². The molecule has 1 aliphatic rings. The molecule has 9 nitrogen and oxygen atoms in total. The number of carbonyl (C=O) groups excluding carboxylic acids is 2. The van der Waals surface area contributed by atoms with Gasteiger partial charge in [0, 0.05) is 24.9 Å². The summed E-state index contributed by atoms with van der Waals surface area (Å²) < 4.78 is 6.58. The molecule has 4 rings (SSSR count). The fourth-order valence-electron chi connectivity index (χ4n) is 3.86. The fourth-order valence-corrected chi connectivity index (χ4v) is 4.56. The number of thioether (sulfide) groups is 1. The Balaban J connectivity index is 1.53. The molecule has 1 aromatic carbocycles. The number of nitrogens with zero attached hydrogens (tertiary/aromatic N) is 5. The molecule has 0 radical (unpaired) electrons. The number of hydrogen-bond donors (Lipinski definition) is 1. The Morgan fingerprint density at radius 1 is 1.15 bits per heavy atom. The Kier molecular flexibility index (Phi) is 7.12. The molecular formula is C23H28N6O3S. The number of esters is 1. The molecule has 0 bridgehead atoms. The molecule has 2 aromatic heterocycles. The van der Waals surface area contributed by atoms with Crippen molar-refractivity contribution in [2.45, 2.75) is 43.6 Å². The van der Waals surface area contributed by atoms with E-state index in [9.17, 15) is 9.59 Å². The topological polar surface area (TPSA) is 102 Å². The highest BCUT2D eigenvalue weighted by Crippen LogP contribution is 2.30. The Hall–Kier alpha value is -3.14. The number of aromatic nitrogens is 4. The molecule has 0 unspecified atom stereocenters. The normalized spacial score (nSPS) is 13.6. The summed E-state index contributed by atoms with van der Waals surface area (Å²) in [6.07, 6.45) is 4.12. The molecule has 3 aromatic rings. The van der Waals surface area contributed by atoms with E-state index < -0.39 is 5.97 Å². The first-order chi connectivity index (χ1) is 16.0. The lowest BCUT2D eigenvalue weighted by Gasteiger charge is -2.18. The number of rotatable bonds is 8. The van der Waals surface area contributed by atoms with Crippen LogP contribution in [0.3, 0.4) is 0 Å². The van der Waals surface area contributed by atoms with Crippen LogP contribution in [0, 0.1) is 0 Å². The molecular weight excluding hydrogens is 440 g/mol. The van der Waals surface area contributed by atoms with Crippen LogP contribution in [0.4, 0.5) is 5.82 Å². The number of ether oxygens (including phenoxy) is 1. The van der Waals surface area contributed by atoms with Gasteiger partial charge >= 0.3 is 5.97 Å². The maximum absolute atomic E-state index is 12.7. The summed E-state index contributed by atoms with van der Waals surface area (Å²) in [4.78, 5) is 36.5.